The maximum Gasteiger partial charge on any atom is 0.303 e. The van der Waals surface area contributed by atoms with Crippen LogP contribution in [-0.4, -0.2) is 11.1 Å². The van der Waals surface area contributed by atoms with Crippen LogP contribution in [0.15, 0.2) is 0 Å². The van der Waals surface area contributed by atoms with Crippen molar-refractivity contribution in [2.24, 2.45) is 0 Å². The summed E-state index contributed by atoms with van der Waals surface area (Å²) in [4.78, 5) is 10.2. The van der Waals surface area contributed by atoms with Crippen LogP contribution < -0.4 is 0 Å². The molecule has 0 aliphatic carbocycles. The second-order valence-corrected chi connectivity index (χ2v) is 3.97. The standard InChI is InChI=1S/C12H24O2/c1-2-3-4-5-6-7-8-9-10-11-12(13)14/h2-11H2,1H3,(H,13,14)/i9+1,10+1,11+1,12+1. The lowest BCUT2D eigenvalue weighted by molar-refractivity contribution is -0.137. The fourth-order valence-electron chi connectivity index (χ4n) is 1.59. The molecular weight excluding hydrogens is 180 g/mol. The third kappa shape index (κ3) is 11.5. The Hall–Kier alpha value is -0.530. The molecule has 0 fully saturated rings. The maximum atomic E-state index is 10.2. The van der Waals surface area contributed by atoms with Crippen LogP contribution in [0.1, 0.15) is 71.1 Å². The molecule has 0 aromatic heterocycles. The van der Waals surface area contributed by atoms with Gasteiger partial charge in [-0.25, -0.2) is 0 Å². The van der Waals surface area contributed by atoms with Gasteiger partial charge in [0.2, 0.25) is 0 Å². The minimum atomic E-state index is -0.659. The van der Waals surface area contributed by atoms with E-state index in [1.165, 1.54) is 44.9 Å². The predicted molar refractivity (Wildman–Crippen MR) is 59.5 cm³/mol. The first kappa shape index (κ1) is 13.5. The highest BCUT2D eigenvalue weighted by Crippen LogP contribution is 2.10. The van der Waals surface area contributed by atoms with Crippen LogP contribution in [0.25, 0.3) is 0 Å². The molecule has 0 rings (SSSR count). The van der Waals surface area contributed by atoms with Gasteiger partial charge in [-0.05, 0) is 6.42 Å². The molecule has 2 nitrogen and oxygen atoms in total. The molecule has 0 saturated heterocycles. The minimum Gasteiger partial charge on any atom is -0.481 e. The lowest BCUT2D eigenvalue weighted by atomic mass is 10.1. The molecule has 0 amide bonds. The fourth-order valence-corrected chi connectivity index (χ4v) is 1.59. The van der Waals surface area contributed by atoms with Gasteiger partial charge >= 0.3 is 5.97 Å². The Balaban J connectivity index is 2.88. The molecule has 0 atom stereocenters. The summed E-state index contributed by atoms with van der Waals surface area (Å²) in [6, 6.07) is 0. The first-order chi connectivity index (χ1) is 6.77. The van der Waals surface area contributed by atoms with Crippen molar-refractivity contribution in [3.05, 3.63) is 0 Å². The van der Waals surface area contributed by atoms with Crippen molar-refractivity contribution < 1.29 is 9.90 Å². The molecule has 2 heteroatoms. The summed E-state index contributed by atoms with van der Waals surface area (Å²) in [6.07, 6.45) is 11.5. The van der Waals surface area contributed by atoms with Crippen molar-refractivity contribution in [2.75, 3.05) is 0 Å². The van der Waals surface area contributed by atoms with E-state index in [9.17, 15) is 4.79 Å². The summed E-state index contributed by atoms with van der Waals surface area (Å²) in [5, 5.41) is 8.41. The molecule has 1 N–H and O–H groups in total. The Bertz CT molecular complexity index is 132. The normalized spacial score (nSPS) is 10.4. The largest absolute Gasteiger partial charge is 0.481 e. The second-order valence-electron chi connectivity index (χ2n) is 3.97. The average Bonchev–Trinajstić information content (AvgIpc) is 2.15. The Kier molecular flexibility index (Phi) is 10.2. The molecule has 84 valence electrons. The average molecular weight is 204 g/mol. The highest BCUT2D eigenvalue weighted by atomic mass is 16.5. The number of hydrogen-bond donors (Lipinski definition) is 1. The summed E-state index contributed by atoms with van der Waals surface area (Å²) < 4.78 is 0. The van der Waals surface area contributed by atoms with E-state index in [0.29, 0.717) is 6.42 Å². The molecule has 0 aliphatic heterocycles. The van der Waals surface area contributed by atoms with Gasteiger partial charge in [0.05, 0.1) is 0 Å². The molecule has 0 aliphatic rings. The van der Waals surface area contributed by atoms with E-state index in [1.807, 2.05) is 0 Å². The predicted octanol–water partition coefficient (Wildman–Crippen LogP) is 3.99. The topological polar surface area (TPSA) is 37.3 Å². The summed E-state index contributed by atoms with van der Waals surface area (Å²) in [7, 11) is 0. The van der Waals surface area contributed by atoms with Gasteiger partial charge in [-0.2, -0.15) is 0 Å². The van der Waals surface area contributed by atoms with Crippen molar-refractivity contribution in [1.82, 2.24) is 0 Å². The SMILES string of the molecule is CCCCCCCC[13CH2][13CH2][13CH2][13C](=O)O. The maximum absolute atomic E-state index is 10.2. The van der Waals surface area contributed by atoms with E-state index >= 15 is 0 Å². The molecule has 0 aromatic rings. The number of carbonyl (C=O) groups is 1. The number of carboxylic acids is 1. The van der Waals surface area contributed by atoms with Gasteiger partial charge in [0.1, 0.15) is 0 Å². The number of aliphatic carboxylic acids is 1. The van der Waals surface area contributed by atoms with Crippen molar-refractivity contribution in [3.8, 4) is 0 Å². The summed E-state index contributed by atoms with van der Waals surface area (Å²) in [5.74, 6) is -0.659. The first-order valence-corrected chi connectivity index (χ1v) is 5.99. The molecule has 0 radical (unpaired) electrons. The fraction of sp³-hybridized carbons (Fsp3) is 0.917. The van der Waals surface area contributed by atoms with Crippen molar-refractivity contribution in [3.63, 3.8) is 0 Å². The summed E-state index contributed by atoms with van der Waals surface area (Å²) in [5.41, 5.74) is 0. The smallest absolute Gasteiger partial charge is 0.303 e. The van der Waals surface area contributed by atoms with Crippen molar-refractivity contribution >= 4 is 5.97 Å². The van der Waals surface area contributed by atoms with Gasteiger partial charge in [0.15, 0.2) is 0 Å². The van der Waals surface area contributed by atoms with Gasteiger partial charge in [-0.3, -0.25) is 4.79 Å². The number of unbranched alkanes of at least 4 members (excludes halogenated alkanes) is 8. The molecule has 0 heterocycles. The highest BCUT2D eigenvalue weighted by molar-refractivity contribution is 5.66. The van der Waals surface area contributed by atoms with Crippen LogP contribution in [0.4, 0.5) is 0 Å². The van der Waals surface area contributed by atoms with E-state index in [1.54, 1.807) is 0 Å². The van der Waals surface area contributed by atoms with Crippen LogP contribution in [0.3, 0.4) is 0 Å². The number of rotatable bonds is 10. The third-order valence-corrected chi connectivity index (χ3v) is 2.49. The lowest BCUT2D eigenvalue weighted by Gasteiger charge is -2.00. The van der Waals surface area contributed by atoms with E-state index in [-0.39, 0.29) is 0 Å². The minimum absolute atomic E-state index is 0.343. The summed E-state index contributed by atoms with van der Waals surface area (Å²) in [6.45, 7) is 2.23. The van der Waals surface area contributed by atoms with Crippen LogP contribution in [0.5, 0.6) is 0 Å². The Morgan fingerprint density at radius 2 is 1.29 bits per heavy atom. The summed E-state index contributed by atoms with van der Waals surface area (Å²) >= 11 is 0. The van der Waals surface area contributed by atoms with Gasteiger partial charge in [0, 0.05) is 6.42 Å². The zero-order valence-electron chi connectivity index (χ0n) is 9.43. The molecule has 0 spiro atoms. The number of hydrogen-bond acceptors (Lipinski definition) is 1. The molecule has 0 saturated carbocycles. The zero-order valence-corrected chi connectivity index (χ0v) is 9.43. The number of carboxylic acid groups (broad SMARTS) is 1. The van der Waals surface area contributed by atoms with Gasteiger partial charge < -0.3 is 5.11 Å². The second kappa shape index (κ2) is 10.6. The molecule has 14 heavy (non-hydrogen) atoms. The zero-order chi connectivity index (χ0) is 10.6. The molecule has 0 bridgehead atoms. The van der Waals surface area contributed by atoms with Gasteiger partial charge in [-0.15, -0.1) is 0 Å². The van der Waals surface area contributed by atoms with Crippen LogP contribution >= 0.6 is 0 Å². The van der Waals surface area contributed by atoms with Gasteiger partial charge in [-0.1, -0.05) is 58.3 Å². The molecular formula is C12H24O2. The first-order valence-electron chi connectivity index (χ1n) is 5.99. The van der Waals surface area contributed by atoms with Crippen LogP contribution in [0, 0.1) is 0 Å². The molecule has 0 unspecified atom stereocenters. The molecule has 0 aromatic carbocycles. The third-order valence-electron chi connectivity index (χ3n) is 2.49. The highest BCUT2D eigenvalue weighted by Gasteiger charge is 1.96. The quantitative estimate of drug-likeness (QED) is 0.431. The van der Waals surface area contributed by atoms with Crippen molar-refractivity contribution in [2.45, 2.75) is 71.1 Å². The van der Waals surface area contributed by atoms with Crippen LogP contribution in [-0.2, 0) is 4.79 Å². The Labute approximate surface area is 87.7 Å². The van der Waals surface area contributed by atoms with E-state index in [4.69, 9.17) is 5.11 Å². The van der Waals surface area contributed by atoms with Crippen LogP contribution in [0.2, 0.25) is 0 Å². The Morgan fingerprint density at radius 1 is 0.857 bits per heavy atom. The monoisotopic (exact) mass is 204 g/mol. The van der Waals surface area contributed by atoms with E-state index < -0.39 is 5.97 Å². The van der Waals surface area contributed by atoms with E-state index in [0.717, 1.165) is 12.8 Å². The van der Waals surface area contributed by atoms with Gasteiger partial charge in [0.25, 0.3) is 0 Å². The lowest BCUT2D eigenvalue weighted by Crippen LogP contribution is -1.93. The van der Waals surface area contributed by atoms with Crippen molar-refractivity contribution in [1.29, 1.82) is 0 Å². The Morgan fingerprint density at radius 3 is 1.71 bits per heavy atom. The van der Waals surface area contributed by atoms with E-state index in [2.05, 4.69) is 6.92 Å².